The van der Waals surface area contributed by atoms with Gasteiger partial charge in [0.15, 0.2) is 0 Å². The number of nitrogen functional groups attached to an aromatic ring is 1. The molecule has 1 aromatic heterocycles. The minimum atomic E-state index is 0.684. The van der Waals surface area contributed by atoms with E-state index in [1.54, 1.807) is 0 Å². The van der Waals surface area contributed by atoms with Crippen molar-refractivity contribution in [3.05, 3.63) is 40.9 Å². The van der Waals surface area contributed by atoms with Crippen LogP contribution in [-0.4, -0.2) is 28.2 Å². The number of nitrogens with zero attached hydrogens (tertiary/aromatic N) is 3. The molecular weight excluding hydrogens is 282 g/mol. The Hall–Kier alpha value is -1.50. The highest BCUT2D eigenvalue weighted by molar-refractivity contribution is 7.15. The maximum absolute atomic E-state index is 5.33. The fourth-order valence-corrected chi connectivity index (χ4v) is 3.56. The molecule has 1 aromatic carbocycles. The number of benzene rings is 1. The molecule has 0 atom stereocenters. The van der Waals surface area contributed by atoms with Gasteiger partial charge in [-0.05, 0) is 43.8 Å². The number of rotatable bonds is 5. The molecular formula is C15H21N5S. The molecule has 1 fully saturated rings. The van der Waals surface area contributed by atoms with E-state index in [9.17, 15) is 0 Å². The highest BCUT2D eigenvalue weighted by Crippen LogP contribution is 2.24. The van der Waals surface area contributed by atoms with Crippen molar-refractivity contribution in [3.8, 4) is 0 Å². The van der Waals surface area contributed by atoms with Gasteiger partial charge in [-0.25, -0.2) is 5.84 Å². The molecule has 2 heterocycles. The van der Waals surface area contributed by atoms with E-state index in [0.717, 1.165) is 30.6 Å². The van der Waals surface area contributed by atoms with Crippen LogP contribution in [0.25, 0.3) is 0 Å². The number of piperidine rings is 1. The number of anilines is 1. The Kier molecular flexibility index (Phi) is 4.80. The quantitative estimate of drug-likeness (QED) is 0.655. The monoisotopic (exact) mass is 303 g/mol. The zero-order chi connectivity index (χ0) is 14.5. The molecule has 0 spiro atoms. The number of likely N-dealkylation sites (tertiary alicyclic amines) is 1. The normalized spacial score (nSPS) is 17.0. The van der Waals surface area contributed by atoms with E-state index in [-0.39, 0.29) is 0 Å². The van der Waals surface area contributed by atoms with Crippen LogP contribution in [0.1, 0.15) is 23.4 Å². The Bertz CT molecular complexity index is 548. The largest absolute Gasteiger partial charge is 0.298 e. The van der Waals surface area contributed by atoms with Gasteiger partial charge in [-0.2, -0.15) is 0 Å². The molecule has 6 heteroatoms. The van der Waals surface area contributed by atoms with Crippen molar-refractivity contribution in [2.45, 2.75) is 25.8 Å². The Morgan fingerprint density at radius 3 is 2.62 bits per heavy atom. The van der Waals surface area contributed by atoms with Gasteiger partial charge in [0, 0.05) is 0 Å². The molecule has 112 valence electrons. The zero-order valence-corrected chi connectivity index (χ0v) is 12.9. The van der Waals surface area contributed by atoms with Crippen molar-refractivity contribution in [2.75, 3.05) is 18.5 Å². The van der Waals surface area contributed by atoms with Crippen LogP contribution in [0, 0.1) is 5.92 Å². The first-order chi connectivity index (χ1) is 10.3. The lowest BCUT2D eigenvalue weighted by Gasteiger charge is -2.31. The van der Waals surface area contributed by atoms with E-state index >= 15 is 0 Å². The maximum atomic E-state index is 5.33. The van der Waals surface area contributed by atoms with Gasteiger partial charge in [0.2, 0.25) is 5.13 Å². The molecule has 0 radical (unpaired) electrons. The Labute approximate surface area is 129 Å². The van der Waals surface area contributed by atoms with Crippen LogP contribution in [0.15, 0.2) is 30.3 Å². The van der Waals surface area contributed by atoms with Crippen LogP contribution in [0.3, 0.4) is 0 Å². The second kappa shape index (κ2) is 6.98. The van der Waals surface area contributed by atoms with E-state index in [4.69, 9.17) is 5.84 Å². The number of hydrogen-bond acceptors (Lipinski definition) is 6. The third-order valence-corrected chi connectivity index (χ3v) is 4.86. The molecule has 21 heavy (non-hydrogen) atoms. The SMILES string of the molecule is NNc1nnc(CN2CCC(Cc3ccccc3)CC2)s1. The van der Waals surface area contributed by atoms with Crippen LogP contribution in [0.4, 0.5) is 5.13 Å². The molecule has 0 bridgehead atoms. The lowest BCUT2D eigenvalue weighted by Crippen LogP contribution is -2.33. The lowest BCUT2D eigenvalue weighted by atomic mass is 9.90. The molecule has 1 aliphatic heterocycles. The first-order valence-electron chi connectivity index (χ1n) is 7.39. The van der Waals surface area contributed by atoms with Crippen LogP contribution >= 0.6 is 11.3 Å². The highest BCUT2D eigenvalue weighted by atomic mass is 32.1. The van der Waals surface area contributed by atoms with E-state index < -0.39 is 0 Å². The van der Waals surface area contributed by atoms with Crippen molar-refractivity contribution >= 4 is 16.5 Å². The first kappa shape index (κ1) is 14.4. The van der Waals surface area contributed by atoms with Gasteiger partial charge in [-0.3, -0.25) is 10.3 Å². The fraction of sp³-hybridized carbons (Fsp3) is 0.467. The number of nitrogens with one attached hydrogen (secondary N) is 1. The van der Waals surface area contributed by atoms with E-state index in [2.05, 4.69) is 50.9 Å². The predicted octanol–water partition coefficient (Wildman–Crippen LogP) is 2.28. The summed E-state index contributed by atoms with van der Waals surface area (Å²) in [7, 11) is 0. The van der Waals surface area contributed by atoms with Gasteiger partial charge in [-0.1, -0.05) is 41.7 Å². The summed E-state index contributed by atoms with van der Waals surface area (Å²) in [5, 5.41) is 9.85. The standard InChI is InChI=1S/C15H21N5S/c16-17-15-19-18-14(21-15)11-20-8-6-13(7-9-20)10-12-4-2-1-3-5-12/h1-5,13H,6-11,16H2,(H,17,19). The maximum Gasteiger partial charge on any atom is 0.219 e. The van der Waals surface area contributed by atoms with Gasteiger partial charge in [-0.15, -0.1) is 10.2 Å². The van der Waals surface area contributed by atoms with Crippen LogP contribution in [-0.2, 0) is 13.0 Å². The van der Waals surface area contributed by atoms with E-state index in [0.29, 0.717) is 5.13 Å². The molecule has 0 aliphatic carbocycles. The highest BCUT2D eigenvalue weighted by Gasteiger charge is 2.20. The number of hydrogen-bond donors (Lipinski definition) is 2. The number of nitrogens with two attached hydrogens (primary N) is 1. The summed E-state index contributed by atoms with van der Waals surface area (Å²) in [5.41, 5.74) is 4.00. The molecule has 3 N–H and O–H groups in total. The summed E-state index contributed by atoms with van der Waals surface area (Å²) < 4.78 is 0. The third kappa shape index (κ3) is 4.00. The molecule has 0 amide bonds. The van der Waals surface area contributed by atoms with Crippen LogP contribution in [0.5, 0.6) is 0 Å². The minimum Gasteiger partial charge on any atom is -0.298 e. The van der Waals surface area contributed by atoms with Gasteiger partial charge >= 0.3 is 0 Å². The molecule has 2 aromatic rings. The van der Waals surface area contributed by atoms with Crippen molar-refractivity contribution in [2.24, 2.45) is 11.8 Å². The number of aromatic nitrogens is 2. The minimum absolute atomic E-state index is 0.684. The average molecular weight is 303 g/mol. The topological polar surface area (TPSA) is 67.1 Å². The zero-order valence-electron chi connectivity index (χ0n) is 12.0. The van der Waals surface area contributed by atoms with Crippen molar-refractivity contribution in [3.63, 3.8) is 0 Å². The summed E-state index contributed by atoms with van der Waals surface area (Å²) in [5.74, 6) is 6.14. The predicted molar refractivity (Wildman–Crippen MR) is 85.9 cm³/mol. The summed E-state index contributed by atoms with van der Waals surface area (Å²) in [6, 6.07) is 10.8. The molecule has 0 saturated carbocycles. The van der Waals surface area contributed by atoms with Gasteiger partial charge in [0.1, 0.15) is 5.01 Å². The fourth-order valence-electron chi connectivity index (χ4n) is 2.86. The molecule has 3 rings (SSSR count). The second-order valence-electron chi connectivity index (χ2n) is 5.55. The molecule has 1 saturated heterocycles. The second-order valence-corrected chi connectivity index (χ2v) is 6.62. The Balaban J connectivity index is 1.46. The molecule has 1 aliphatic rings. The third-order valence-electron chi connectivity index (χ3n) is 4.02. The Morgan fingerprint density at radius 2 is 1.95 bits per heavy atom. The first-order valence-corrected chi connectivity index (χ1v) is 8.20. The van der Waals surface area contributed by atoms with Crippen molar-refractivity contribution < 1.29 is 0 Å². The lowest BCUT2D eigenvalue weighted by molar-refractivity contribution is 0.176. The Morgan fingerprint density at radius 1 is 1.19 bits per heavy atom. The summed E-state index contributed by atoms with van der Waals surface area (Å²) in [6.45, 7) is 3.17. The van der Waals surface area contributed by atoms with E-state index in [1.165, 1.54) is 36.2 Å². The van der Waals surface area contributed by atoms with Gasteiger partial charge in [0.25, 0.3) is 0 Å². The van der Waals surface area contributed by atoms with Gasteiger partial charge < -0.3 is 0 Å². The van der Waals surface area contributed by atoms with Crippen LogP contribution in [0.2, 0.25) is 0 Å². The summed E-state index contributed by atoms with van der Waals surface area (Å²) in [4.78, 5) is 2.46. The van der Waals surface area contributed by atoms with E-state index in [1.807, 2.05) is 0 Å². The summed E-state index contributed by atoms with van der Waals surface area (Å²) >= 11 is 1.53. The smallest absolute Gasteiger partial charge is 0.219 e. The summed E-state index contributed by atoms with van der Waals surface area (Å²) in [6.07, 6.45) is 3.72. The average Bonchev–Trinajstić information content (AvgIpc) is 2.98. The van der Waals surface area contributed by atoms with Crippen molar-refractivity contribution in [1.82, 2.24) is 15.1 Å². The van der Waals surface area contributed by atoms with Crippen LogP contribution < -0.4 is 11.3 Å². The van der Waals surface area contributed by atoms with Crippen molar-refractivity contribution in [1.29, 1.82) is 0 Å². The molecule has 0 unspecified atom stereocenters. The van der Waals surface area contributed by atoms with Gasteiger partial charge in [0.05, 0.1) is 6.54 Å². The number of hydrazine groups is 1. The molecule has 5 nitrogen and oxygen atoms in total.